The van der Waals surface area contributed by atoms with Gasteiger partial charge in [-0.15, -0.1) is 0 Å². The van der Waals surface area contributed by atoms with Gasteiger partial charge < -0.3 is 0 Å². The molecule has 13 heavy (non-hydrogen) atoms. The second-order valence-corrected chi connectivity index (χ2v) is 5.94. The molecule has 66 valence electrons. The van der Waals surface area contributed by atoms with Crippen LogP contribution < -0.4 is 4.53 Å². The Bertz CT molecular complexity index is 381. The first-order valence-electron chi connectivity index (χ1n) is 4.50. The molecule has 0 spiro atoms. The Morgan fingerprint density at radius 2 is 1.92 bits per heavy atom. The number of nitrogens with zero attached hydrogens (tertiary/aromatic N) is 2. The van der Waals surface area contributed by atoms with Crippen molar-refractivity contribution >= 4 is 20.0 Å². The van der Waals surface area contributed by atoms with Gasteiger partial charge in [-0.2, -0.15) is 0 Å². The fourth-order valence-electron chi connectivity index (χ4n) is 1.27. The van der Waals surface area contributed by atoms with Crippen LogP contribution >= 0.6 is 0 Å². The molecule has 0 N–H and O–H groups in total. The third-order valence-corrected chi connectivity index (χ3v) is 4.34. The van der Waals surface area contributed by atoms with E-state index in [0.29, 0.717) is 0 Å². The zero-order valence-corrected chi connectivity index (χ0v) is 10.6. The van der Waals surface area contributed by atoms with E-state index in [9.17, 15) is 0 Å². The molecule has 0 aliphatic rings. The molecule has 0 aliphatic heterocycles. The Kier molecular flexibility index (Phi) is 2.50. The van der Waals surface area contributed by atoms with Crippen molar-refractivity contribution in [2.45, 2.75) is 5.76 Å². The van der Waals surface area contributed by atoms with Gasteiger partial charge in [0.25, 0.3) is 0 Å². The second kappa shape index (κ2) is 3.79. The average molecular weight is 233 g/mol. The van der Waals surface area contributed by atoms with E-state index in [1.54, 1.807) is 0 Å². The van der Waals surface area contributed by atoms with Crippen molar-refractivity contribution in [3.05, 3.63) is 42.6 Å². The van der Waals surface area contributed by atoms with Crippen molar-refractivity contribution in [2.75, 3.05) is 0 Å². The summed E-state index contributed by atoms with van der Waals surface area (Å²) in [6.45, 7) is 0. The first-order valence-corrected chi connectivity index (χ1v) is 8.95. The molecule has 0 saturated heterocycles. The monoisotopic (exact) mass is 234 g/mol. The molecule has 0 amide bonds. The fourth-order valence-corrected chi connectivity index (χ4v) is 2.61. The minimum absolute atomic E-state index is 0.513. The van der Waals surface area contributed by atoms with E-state index >= 15 is 0 Å². The Hall–Kier alpha value is -1.03. The minimum atomic E-state index is -0.513. The Morgan fingerprint density at radius 3 is 2.54 bits per heavy atom. The van der Waals surface area contributed by atoms with Gasteiger partial charge in [-0.05, 0) is 0 Å². The van der Waals surface area contributed by atoms with E-state index in [4.69, 9.17) is 0 Å². The number of hydrogen-bond acceptors (Lipinski definition) is 1. The quantitative estimate of drug-likeness (QED) is 0.698. The van der Waals surface area contributed by atoms with Crippen LogP contribution in [-0.2, 0) is 0 Å². The zero-order valence-electron chi connectivity index (χ0n) is 7.64. The molecule has 1 aromatic heterocycles. The average Bonchev–Trinajstić information content (AvgIpc) is 2.67. The molecule has 0 fully saturated rings. The van der Waals surface area contributed by atoms with E-state index in [2.05, 4.69) is 29.1 Å². The van der Waals surface area contributed by atoms with E-state index in [1.807, 2.05) is 29.1 Å². The molecule has 0 aliphatic carbocycles. The molecule has 1 heterocycles. The zero-order chi connectivity index (χ0) is 9.10. The van der Waals surface area contributed by atoms with Gasteiger partial charge in [-0.25, -0.2) is 0 Å². The molecular weight excluding hydrogens is 221 g/mol. The Morgan fingerprint density at radius 1 is 1.15 bits per heavy atom. The van der Waals surface area contributed by atoms with Crippen molar-refractivity contribution in [1.29, 1.82) is 0 Å². The van der Waals surface area contributed by atoms with Crippen LogP contribution in [-0.4, -0.2) is 25.2 Å². The van der Waals surface area contributed by atoms with Crippen LogP contribution in [0.2, 0.25) is 5.76 Å². The van der Waals surface area contributed by atoms with Crippen LogP contribution in [0.4, 0.5) is 0 Å². The molecule has 0 atom stereocenters. The SMILES string of the molecule is [CH3][GeH2][c]1ccn(-c2ccccc2)n1. The van der Waals surface area contributed by atoms with Crippen molar-refractivity contribution in [2.24, 2.45) is 0 Å². The van der Waals surface area contributed by atoms with Gasteiger partial charge >= 0.3 is 83.8 Å². The van der Waals surface area contributed by atoms with E-state index in [0.717, 1.165) is 5.69 Å². The third-order valence-electron chi connectivity index (χ3n) is 2.03. The molecular formula is C10H12GeN2. The molecule has 0 saturated carbocycles. The van der Waals surface area contributed by atoms with Crippen LogP contribution in [0.5, 0.6) is 0 Å². The summed E-state index contributed by atoms with van der Waals surface area (Å²) in [6.07, 6.45) is 2.04. The number of para-hydroxylation sites is 1. The molecule has 1 aromatic carbocycles. The predicted octanol–water partition coefficient (Wildman–Crippen LogP) is 0.714. The van der Waals surface area contributed by atoms with Gasteiger partial charge in [-0.1, -0.05) is 0 Å². The van der Waals surface area contributed by atoms with Gasteiger partial charge in [0.15, 0.2) is 0 Å². The molecule has 3 heteroatoms. The fraction of sp³-hybridized carbons (Fsp3) is 0.100. The Labute approximate surface area is 84.1 Å². The van der Waals surface area contributed by atoms with Crippen molar-refractivity contribution in [3.63, 3.8) is 0 Å². The molecule has 0 bridgehead atoms. The summed E-state index contributed by atoms with van der Waals surface area (Å²) in [5.74, 6) is 2.30. The van der Waals surface area contributed by atoms with Gasteiger partial charge in [-0.3, -0.25) is 0 Å². The maximum atomic E-state index is 4.50. The molecule has 0 radical (unpaired) electrons. The third kappa shape index (κ3) is 1.83. The number of hydrogen-bond donors (Lipinski definition) is 0. The molecule has 0 unspecified atom stereocenters. The summed E-state index contributed by atoms with van der Waals surface area (Å²) < 4.78 is 3.26. The van der Waals surface area contributed by atoms with Crippen LogP contribution in [0.3, 0.4) is 0 Å². The van der Waals surface area contributed by atoms with E-state index < -0.39 is 15.4 Å². The van der Waals surface area contributed by atoms with Crippen molar-refractivity contribution in [3.8, 4) is 5.69 Å². The van der Waals surface area contributed by atoms with Crippen LogP contribution in [0, 0.1) is 0 Å². The second-order valence-electron chi connectivity index (χ2n) is 2.94. The maximum absolute atomic E-state index is 4.50. The van der Waals surface area contributed by atoms with Crippen LogP contribution in [0.25, 0.3) is 5.69 Å². The molecule has 2 aromatic rings. The topological polar surface area (TPSA) is 17.8 Å². The summed E-state index contributed by atoms with van der Waals surface area (Å²) in [5, 5.41) is 4.50. The van der Waals surface area contributed by atoms with Gasteiger partial charge in [0, 0.05) is 0 Å². The number of rotatable bonds is 2. The van der Waals surface area contributed by atoms with Gasteiger partial charge in [0.05, 0.1) is 0 Å². The van der Waals surface area contributed by atoms with Gasteiger partial charge in [0.2, 0.25) is 0 Å². The van der Waals surface area contributed by atoms with Crippen LogP contribution in [0.15, 0.2) is 42.6 Å². The first kappa shape index (κ1) is 8.57. The summed E-state index contributed by atoms with van der Waals surface area (Å²) in [4.78, 5) is 0. The van der Waals surface area contributed by atoms with Crippen molar-refractivity contribution < 1.29 is 0 Å². The van der Waals surface area contributed by atoms with E-state index in [-0.39, 0.29) is 0 Å². The molecule has 2 nitrogen and oxygen atoms in total. The number of benzene rings is 1. The first-order chi connectivity index (χ1) is 6.40. The summed E-state index contributed by atoms with van der Waals surface area (Å²) >= 11 is -0.513. The van der Waals surface area contributed by atoms with Crippen LogP contribution in [0.1, 0.15) is 0 Å². The Balaban J connectivity index is 2.36. The predicted molar refractivity (Wildman–Crippen MR) is 57.6 cm³/mol. The normalized spacial score (nSPS) is 11.2. The van der Waals surface area contributed by atoms with Gasteiger partial charge in [0.1, 0.15) is 0 Å². The molecule has 2 rings (SSSR count). The summed E-state index contributed by atoms with van der Waals surface area (Å²) in [7, 11) is 0. The summed E-state index contributed by atoms with van der Waals surface area (Å²) in [5.41, 5.74) is 1.14. The number of aromatic nitrogens is 2. The van der Waals surface area contributed by atoms with Crippen molar-refractivity contribution in [1.82, 2.24) is 9.78 Å². The summed E-state index contributed by atoms with van der Waals surface area (Å²) in [6, 6.07) is 12.4. The van der Waals surface area contributed by atoms with E-state index in [1.165, 1.54) is 4.53 Å². The standard InChI is InChI=1S/C10H12GeN2/c1-11-10-7-8-13(12-10)9-5-3-2-4-6-9/h2-8H,11H2,1H3.